The third kappa shape index (κ3) is 7.90. The minimum absolute atomic E-state index is 0.0589. The molecule has 1 fully saturated rings. The number of hydrogen-bond donors (Lipinski definition) is 1. The summed E-state index contributed by atoms with van der Waals surface area (Å²) in [5.41, 5.74) is 1.39. The molecule has 1 saturated heterocycles. The van der Waals surface area contributed by atoms with E-state index in [0.717, 1.165) is 50.8 Å². The molecule has 0 aliphatic carbocycles. The molecule has 0 aromatic heterocycles. The van der Waals surface area contributed by atoms with Gasteiger partial charge in [0.1, 0.15) is 0 Å². The zero-order chi connectivity index (χ0) is 26.8. The van der Waals surface area contributed by atoms with Crippen molar-refractivity contribution in [3.8, 4) is 0 Å². The van der Waals surface area contributed by atoms with Crippen molar-refractivity contribution >= 4 is 18.0 Å². The number of rotatable bonds is 14. The van der Waals surface area contributed by atoms with Gasteiger partial charge in [-0.05, 0) is 80.9 Å². The van der Waals surface area contributed by atoms with Crippen molar-refractivity contribution in [1.29, 1.82) is 0 Å². The maximum absolute atomic E-state index is 11.7. The third-order valence-corrected chi connectivity index (χ3v) is 9.37. The lowest BCUT2D eigenvalue weighted by Gasteiger charge is -2.47. The van der Waals surface area contributed by atoms with Gasteiger partial charge in [-0.3, -0.25) is 9.79 Å². The molecule has 36 heavy (non-hydrogen) atoms. The first-order valence-electron chi connectivity index (χ1n) is 14.4. The largest absolute Gasteiger partial charge is 0.481 e. The SMILES string of the molecule is CCCCOC(C)=NC=C(C)C(CC)(CCOC(C)C1CNC(=O)C1)CC1N=CCC(C)C1(C)CC. The maximum atomic E-state index is 11.7. The molecule has 0 radical (unpaired) electrons. The zero-order valence-corrected chi connectivity index (χ0v) is 24.4. The Kier molecular flexibility index (Phi) is 12.1. The summed E-state index contributed by atoms with van der Waals surface area (Å²) in [6.45, 7) is 19.9. The standard InChI is InChI=1S/C30H53N3O3/c1-9-12-16-36-25(7)32-20-23(5)30(11-3,14-17-35-24(6)26-18-28(34)33-21-26)19-27-29(8,10-2)22(4)13-15-31-27/h15,20,22,24,26-27H,9-14,16-19,21H2,1-8H3,(H,33,34). The van der Waals surface area contributed by atoms with E-state index in [1.807, 2.05) is 13.1 Å². The summed E-state index contributed by atoms with van der Waals surface area (Å²) < 4.78 is 12.1. The van der Waals surface area contributed by atoms with Gasteiger partial charge in [-0.2, -0.15) is 0 Å². The number of hydrogen-bond acceptors (Lipinski definition) is 5. The van der Waals surface area contributed by atoms with E-state index in [9.17, 15) is 4.79 Å². The van der Waals surface area contributed by atoms with E-state index >= 15 is 0 Å². The second-order valence-electron chi connectivity index (χ2n) is 11.4. The highest BCUT2D eigenvalue weighted by molar-refractivity contribution is 5.78. The zero-order valence-electron chi connectivity index (χ0n) is 24.4. The summed E-state index contributed by atoms with van der Waals surface area (Å²) in [7, 11) is 0. The molecule has 1 N–H and O–H groups in total. The third-order valence-electron chi connectivity index (χ3n) is 9.37. The van der Waals surface area contributed by atoms with Crippen LogP contribution in [0.4, 0.5) is 0 Å². The summed E-state index contributed by atoms with van der Waals surface area (Å²) in [6.07, 6.45) is 12.0. The number of aliphatic imine (C=N–C) groups is 2. The highest BCUT2D eigenvalue weighted by Gasteiger charge is 2.44. The van der Waals surface area contributed by atoms with Crippen LogP contribution >= 0.6 is 0 Å². The van der Waals surface area contributed by atoms with Crippen LogP contribution in [0.15, 0.2) is 21.8 Å². The molecule has 6 atom stereocenters. The molecule has 0 bridgehead atoms. The normalized spacial score (nSPS) is 29.7. The highest BCUT2D eigenvalue weighted by Crippen LogP contribution is 2.49. The molecule has 0 saturated carbocycles. The number of nitrogens with one attached hydrogen (secondary N) is 1. The quantitative estimate of drug-likeness (QED) is 0.162. The Labute approximate surface area is 220 Å². The Morgan fingerprint density at radius 2 is 2.08 bits per heavy atom. The average molecular weight is 504 g/mol. The first-order chi connectivity index (χ1) is 17.1. The van der Waals surface area contributed by atoms with Gasteiger partial charge in [0.05, 0.1) is 18.8 Å². The van der Waals surface area contributed by atoms with Gasteiger partial charge in [-0.1, -0.05) is 41.0 Å². The monoisotopic (exact) mass is 503 g/mol. The summed E-state index contributed by atoms with van der Waals surface area (Å²) in [6, 6.07) is 0.273. The predicted molar refractivity (Wildman–Crippen MR) is 151 cm³/mol. The molecule has 6 nitrogen and oxygen atoms in total. The molecule has 0 aromatic carbocycles. The number of nitrogens with zero attached hydrogens (tertiary/aromatic N) is 2. The van der Waals surface area contributed by atoms with Gasteiger partial charge in [-0.15, -0.1) is 0 Å². The van der Waals surface area contributed by atoms with Crippen LogP contribution in [0.2, 0.25) is 0 Å². The van der Waals surface area contributed by atoms with Gasteiger partial charge in [0.25, 0.3) is 0 Å². The average Bonchev–Trinajstić information content (AvgIpc) is 3.31. The second-order valence-corrected chi connectivity index (χ2v) is 11.4. The Morgan fingerprint density at radius 3 is 2.69 bits per heavy atom. The summed E-state index contributed by atoms with van der Waals surface area (Å²) in [5, 5.41) is 2.94. The second kappa shape index (κ2) is 14.3. The van der Waals surface area contributed by atoms with Gasteiger partial charge in [-0.25, -0.2) is 4.99 Å². The molecule has 2 heterocycles. The van der Waals surface area contributed by atoms with Crippen LogP contribution in [0.3, 0.4) is 0 Å². The molecule has 0 aromatic rings. The summed E-state index contributed by atoms with van der Waals surface area (Å²) >= 11 is 0. The van der Waals surface area contributed by atoms with E-state index in [1.54, 1.807) is 0 Å². The number of allylic oxidation sites excluding steroid dienone is 1. The molecule has 2 aliphatic heterocycles. The number of carbonyl (C=O) groups excluding carboxylic acids is 1. The molecule has 1 amide bonds. The maximum Gasteiger partial charge on any atom is 0.220 e. The molecule has 206 valence electrons. The smallest absolute Gasteiger partial charge is 0.220 e. The fourth-order valence-electron chi connectivity index (χ4n) is 5.68. The van der Waals surface area contributed by atoms with Crippen molar-refractivity contribution < 1.29 is 14.3 Å². The van der Waals surface area contributed by atoms with Crippen molar-refractivity contribution in [3.05, 3.63) is 11.8 Å². The fraction of sp³-hybridized carbons (Fsp3) is 0.833. The van der Waals surface area contributed by atoms with E-state index in [2.05, 4.69) is 60.0 Å². The van der Waals surface area contributed by atoms with E-state index in [0.29, 0.717) is 32.1 Å². The minimum Gasteiger partial charge on any atom is -0.481 e. The lowest BCUT2D eigenvalue weighted by atomic mass is 9.61. The molecule has 0 spiro atoms. The van der Waals surface area contributed by atoms with Crippen molar-refractivity contribution in [2.24, 2.45) is 32.7 Å². The van der Waals surface area contributed by atoms with Crippen LogP contribution in [-0.2, 0) is 14.3 Å². The Balaban J connectivity index is 2.24. The molecule has 2 rings (SSSR count). The van der Waals surface area contributed by atoms with Gasteiger partial charge >= 0.3 is 0 Å². The topological polar surface area (TPSA) is 72.3 Å². The van der Waals surface area contributed by atoms with Crippen molar-refractivity contribution in [1.82, 2.24) is 5.32 Å². The van der Waals surface area contributed by atoms with Crippen LogP contribution in [-0.4, -0.2) is 49.9 Å². The van der Waals surface area contributed by atoms with Crippen LogP contribution < -0.4 is 5.32 Å². The molecular weight excluding hydrogens is 450 g/mol. The van der Waals surface area contributed by atoms with E-state index < -0.39 is 0 Å². The fourth-order valence-corrected chi connectivity index (χ4v) is 5.68. The molecule has 2 aliphatic rings. The van der Waals surface area contributed by atoms with Crippen molar-refractivity contribution in [3.63, 3.8) is 0 Å². The summed E-state index contributed by atoms with van der Waals surface area (Å²) in [4.78, 5) is 21.4. The van der Waals surface area contributed by atoms with Crippen LogP contribution in [0, 0.1) is 22.7 Å². The van der Waals surface area contributed by atoms with Crippen LogP contribution in [0.1, 0.15) is 107 Å². The van der Waals surface area contributed by atoms with E-state index in [4.69, 9.17) is 19.5 Å². The number of carbonyl (C=O) groups is 1. The highest BCUT2D eigenvalue weighted by atomic mass is 16.5. The Morgan fingerprint density at radius 1 is 1.33 bits per heavy atom. The van der Waals surface area contributed by atoms with Crippen LogP contribution in [0.25, 0.3) is 0 Å². The van der Waals surface area contributed by atoms with Gasteiger partial charge in [0.15, 0.2) is 5.90 Å². The van der Waals surface area contributed by atoms with Crippen molar-refractivity contribution in [2.75, 3.05) is 19.8 Å². The Bertz CT molecular complexity index is 792. The number of amides is 1. The van der Waals surface area contributed by atoms with E-state index in [-0.39, 0.29) is 34.8 Å². The van der Waals surface area contributed by atoms with Crippen molar-refractivity contribution in [2.45, 2.75) is 119 Å². The lowest BCUT2D eigenvalue weighted by molar-refractivity contribution is -0.119. The lowest BCUT2D eigenvalue weighted by Crippen LogP contribution is -2.43. The van der Waals surface area contributed by atoms with E-state index in [1.165, 1.54) is 5.57 Å². The van der Waals surface area contributed by atoms with Gasteiger partial charge < -0.3 is 14.8 Å². The number of ether oxygens (including phenoxy) is 2. The first-order valence-corrected chi connectivity index (χ1v) is 14.4. The summed E-state index contributed by atoms with van der Waals surface area (Å²) in [5.74, 6) is 1.72. The molecular formula is C30H53N3O3. The van der Waals surface area contributed by atoms with Gasteiger partial charge in [0, 0.05) is 38.6 Å². The molecule has 6 unspecified atom stereocenters. The minimum atomic E-state index is -0.0633. The predicted octanol–water partition coefficient (Wildman–Crippen LogP) is 6.74. The van der Waals surface area contributed by atoms with Gasteiger partial charge in [0.2, 0.25) is 5.91 Å². The van der Waals surface area contributed by atoms with Crippen LogP contribution in [0.5, 0.6) is 0 Å². The molecule has 6 heteroatoms. The number of unbranched alkanes of at least 4 members (excludes halogenated alkanes) is 1. The Hall–Kier alpha value is -1.69. The first kappa shape index (κ1) is 30.5.